The molecule has 0 radical (unpaired) electrons. The van der Waals surface area contributed by atoms with Crippen LogP contribution in [-0.4, -0.2) is 34.7 Å². The molecule has 32 heavy (non-hydrogen) atoms. The second-order valence-electron chi connectivity index (χ2n) is 7.11. The molecule has 4 aromatic rings. The van der Waals surface area contributed by atoms with Gasteiger partial charge >= 0.3 is 0 Å². The fourth-order valence-electron chi connectivity index (χ4n) is 3.45. The highest BCUT2D eigenvalue weighted by Crippen LogP contribution is 2.34. The smallest absolute Gasteiger partial charge is 0.277 e. The van der Waals surface area contributed by atoms with Gasteiger partial charge in [0.1, 0.15) is 22.7 Å². The van der Waals surface area contributed by atoms with E-state index in [9.17, 15) is 18.4 Å². The molecule has 0 unspecified atom stereocenters. The Balaban J connectivity index is 1.50. The Morgan fingerprint density at radius 2 is 1.91 bits per heavy atom. The molecule has 2 N–H and O–H groups in total. The van der Waals surface area contributed by atoms with Crippen molar-refractivity contribution in [1.82, 2.24) is 19.9 Å². The maximum atomic E-state index is 13.7. The lowest BCUT2D eigenvalue weighted by Crippen LogP contribution is -2.27. The van der Waals surface area contributed by atoms with E-state index in [1.165, 1.54) is 31.2 Å². The fourth-order valence-corrected chi connectivity index (χ4v) is 3.45. The summed E-state index contributed by atoms with van der Waals surface area (Å²) < 4.78 is 38.6. The number of aromatic nitrogens is 3. The molecule has 2 heterocycles. The zero-order chi connectivity index (χ0) is 22.8. The van der Waals surface area contributed by atoms with Crippen molar-refractivity contribution in [2.24, 2.45) is 0 Å². The lowest BCUT2D eigenvalue weighted by Gasteiger charge is -2.08. The van der Waals surface area contributed by atoms with Gasteiger partial charge in [0, 0.05) is 42.6 Å². The predicted molar refractivity (Wildman–Crippen MR) is 114 cm³/mol. The minimum absolute atomic E-state index is 0.0161. The van der Waals surface area contributed by atoms with Crippen molar-refractivity contribution in [1.29, 1.82) is 0 Å². The summed E-state index contributed by atoms with van der Waals surface area (Å²) >= 11 is 0. The molecule has 0 fully saturated rings. The number of hydrogen-bond acceptors (Lipinski definition) is 5. The van der Waals surface area contributed by atoms with Crippen molar-refractivity contribution in [2.75, 3.05) is 14.2 Å². The number of aryl methyl sites for hydroxylation is 1. The Hall–Kier alpha value is -3.95. The van der Waals surface area contributed by atoms with Gasteiger partial charge in [0.15, 0.2) is 11.5 Å². The summed E-state index contributed by atoms with van der Waals surface area (Å²) in [6.45, 7) is 0.00429. The number of H-pyrrole nitrogens is 1. The normalized spacial score (nSPS) is 11.1. The van der Waals surface area contributed by atoms with Crippen LogP contribution in [0.25, 0.3) is 21.9 Å². The van der Waals surface area contributed by atoms with Crippen LogP contribution in [-0.2, 0) is 17.9 Å². The molecule has 0 aliphatic carbocycles. The van der Waals surface area contributed by atoms with Crippen molar-refractivity contribution in [3.05, 3.63) is 64.2 Å². The molecule has 0 bridgehead atoms. The van der Waals surface area contributed by atoms with Gasteiger partial charge in [-0.3, -0.25) is 14.2 Å². The first-order chi connectivity index (χ1) is 15.4. The summed E-state index contributed by atoms with van der Waals surface area (Å²) in [5, 5.41) is 3.27. The van der Waals surface area contributed by atoms with Gasteiger partial charge in [-0.25, -0.2) is 13.8 Å². The Morgan fingerprint density at radius 1 is 1.16 bits per heavy atom. The van der Waals surface area contributed by atoms with Crippen molar-refractivity contribution < 1.29 is 23.0 Å². The van der Waals surface area contributed by atoms with Crippen molar-refractivity contribution in [3.63, 3.8) is 0 Å². The molecular formula is C22H20F2N4O4. The zero-order valence-electron chi connectivity index (χ0n) is 17.4. The first-order valence-corrected chi connectivity index (χ1v) is 9.74. The topological polar surface area (TPSA) is 98.2 Å². The molecule has 0 saturated heterocycles. The Morgan fingerprint density at radius 3 is 2.62 bits per heavy atom. The van der Waals surface area contributed by atoms with Gasteiger partial charge in [-0.2, -0.15) is 0 Å². The number of rotatable bonds is 7. The fraction of sp³-hybridized carbons (Fsp3) is 0.227. The maximum Gasteiger partial charge on any atom is 0.277 e. The monoisotopic (exact) mass is 442 g/mol. The number of carbonyl (C=O) groups excluding carboxylic acids is 1. The molecule has 0 atom stereocenters. The van der Waals surface area contributed by atoms with E-state index in [2.05, 4.69) is 15.3 Å². The van der Waals surface area contributed by atoms with E-state index in [1.807, 2.05) is 0 Å². The van der Waals surface area contributed by atoms with E-state index >= 15 is 0 Å². The van der Waals surface area contributed by atoms with Crippen LogP contribution in [0.3, 0.4) is 0 Å². The van der Waals surface area contributed by atoms with Crippen LogP contribution < -0.4 is 20.3 Å². The van der Waals surface area contributed by atoms with Gasteiger partial charge in [0.25, 0.3) is 5.56 Å². The lowest BCUT2D eigenvalue weighted by atomic mass is 10.2. The van der Waals surface area contributed by atoms with E-state index in [-0.39, 0.29) is 36.5 Å². The number of halogens is 2. The number of carbonyl (C=O) groups is 1. The van der Waals surface area contributed by atoms with Gasteiger partial charge in [0.05, 0.1) is 26.1 Å². The van der Waals surface area contributed by atoms with Crippen LogP contribution in [0, 0.1) is 11.6 Å². The number of amides is 1. The van der Waals surface area contributed by atoms with E-state index < -0.39 is 11.6 Å². The first kappa shape index (κ1) is 21.3. The summed E-state index contributed by atoms with van der Waals surface area (Å²) in [5.74, 6) is -0.772. The predicted octanol–water partition coefficient (Wildman–Crippen LogP) is 2.88. The van der Waals surface area contributed by atoms with Crippen LogP contribution in [0.1, 0.15) is 12.0 Å². The maximum absolute atomic E-state index is 13.7. The summed E-state index contributed by atoms with van der Waals surface area (Å²) in [7, 11) is 3.04. The second kappa shape index (κ2) is 8.66. The van der Waals surface area contributed by atoms with Gasteiger partial charge in [0.2, 0.25) is 5.91 Å². The standard InChI is InChI=1S/C22H20F2N4O4/c1-31-17-8-14-16(9-18(17)32-2)27-21-20(14)26-11-28(22(21)30)6-5-19(29)25-10-12-3-4-13(23)7-15(12)24/h3-4,7-9,11,27H,5-6,10H2,1-2H3,(H,25,29). The molecule has 0 aliphatic heterocycles. The van der Waals surface area contributed by atoms with Gasteiger partial charge < -0.3 is 19.8 Å². The quantitative estimate of drug-likeness (QED) is 0.459. The Kier molecular flexibility index (Phi) is 5.76. The largest absolute Gasteiger partial charge is 0.493 e. The van der Waals surface area contributed by atoms with E-state index in [0.29, 0.717) is 33.4 Å². The Bertz CT molecular complexity index is 1380. The van der Waals surface area contributed by atoms with Crippen LogP contribution in [0.4, 0.5) is 8.78 Å². The molecule has 10 heteroatoms. The summed E-state index contributed by atoms with van der Waals surface area (Å²) in [5.41, 5.74) is 1.29. The molecule has 166 valence electrons. The van der Waals surface area contributed by atoms with Crippen LogP contribution in [0.15, 0.2) is 41.5 Å². The van der Waals surface area contributed by atoms with E-state index in [1.54, 1.807) is 12.1 Å². The third kappa shape index (κ3) is 3.98. The molecule has 0 spiro atoms. The molecule has 4 rings (SSSR count). The molecule has 8 nitrogen and oxygen atoms in total. The highest BCUT2D eigenvalue weighted by Gasteiger charge is 2.15. The highest BCUT2D eigenvalue weighted by molar-refractivity contribution is 6.05. The number of benzene rings is 2. The number of fused-ring (bicyclic) bond motifs is 3. The lowest BCUT2D eigenvalue weighted by molar-refractivity contribution is -0.121. The van der Waals surface area contributed by atoms with Crippen LogP contribution in [0.2, 0.25) is 0 Å². The molecule has 2 aromatic heterocycles. The van der Waals surface area contributed by atoms with E-state index in [4.69, 9.17) is 9.47 Å². The Labute approximate surface area is 180 Å². The minimum atomic E-state index is -0.733. The number of ether oxygens (including phenoxy) is 2. The first-order valence-electron chi connectivity index (χ1n) is 9.74. The number of nitrogens with one attached hydrogen (secondary N) is 2. The molecule has 0 saturated carbocycles. The van der Waals surface area contributed by atoms with E-state index in [0.717, 1.165) is 12.1 Å². The molecule has 2 aromatic carbocycles. The summed E-state index contributed by atoms with van der Waals surface area (Å²) in [6, 6.07) is 6.62. The SMILES string of the molecule is COc1cc2[nH]c3c(=O)n(CCC(=O)NCc4ccc(F)cc4F)cnc3c2cc1OC. The molecule has 0 aliphatic rings. The molecule has 1 amide bonds. The van der Waals surface area contributed by atoms with Crippen molar-refractivity contribution in [3.8, 4) is 11.5 Å². The number of methoxy groups -OCH3 is 2. The zero-order valence-corrected chi connectivity index (χ0v) is 17.4. The van der Waals surface area contributed by atoms with Crippen molar-refractivity contribution >= 4 is 27.8 Å². The van der Waals surface area contributed by atoms with Gasteiger partial charge in [-0.05, 0) is 12.1 Å². The summed E-state index contributed by atoms with van der Waals surface area (Å²) in [4.78, 5) is 32.5. The number of hydrogen-bond donors (Lipinski definition) is 2. The third-order valence-corrected chi connectivity index (χ3v) is 5.15. The van der Waals surface area contributed by atoms with Gasteiger partial charge in [-0.1, -0.05) is 6.07 Å². The third-order valence-electron chi connectivity index (χ3n) is 5.15. The average molecular weight is 442 g/mol. The average Bonchev–Trinajstić information content (AvgIpc) is 3.15. The van der Waals surface area contributed by atoms with Crippen molar-refractivity contribution in [2.45, 2.75) is 19.5 Å². The number of aromatic amines is 1. The highest BCUT2D eigenvalue weighted by atomic mass is 19.1. The molecular weight excluding hydrogens is 422 g/mol. The van der Waals surface area contributed by atoms with Gasteiger partial charge in [-0.15, -0.1) is 0 Å². The second-order valence-corrected chi connectivity index (χ2v) is 7.11. The van der Waals surface area contributed by atoms with Crippen LogP contribution >= 0.6 is 0 Å². The summed E-state index contributed by atoms with van der Waals surface area (Å²) in [6.07, 6.45) is 1.36. The number of nitrogens with zero attached hydrogens (tertiary/aromatic N) is 2. The minimum Gasteiger partial charge on any atom is -0.493 e. The van der Waals surface area contributed by atoms with Crippen LogP contribution in [0.5, 0.6) is 11.5 Å².